The fourth-order valence-electron chi connectivity index (χ4n) is 4.63. The van der Waals surface area contributed by atoms with E-state index >= 15 is 0 Å². The Morgan fingerprint density at radius 2 is 1.53 bits per heavy atom. The number of cyclic esters (lactones) is 1. The first-order chi connectivity index (χ1) is 14.6. The van der Waals surface area contributed by atoms with Crippen molar-refractivity contribution >= 4 is 11.8 Å². The Bertz CT molecular complexity index is 1030. The van der Waals surface area contributed by atoms with Gasteiger partial charge in [0, 0.05) is 11.5 Å². The second-order valence-electron chi connectivity index (χ2n) is 7.36. The molecule has 30 heavy (non-hydrogen) atoms. The second kappa shape index (κ2) is 6.83. The molecule has 0 amide bonds. The highest BCUT2D eigenvalue weighted by molar-refractivity contribution is 6.05. The van der Waals surface area contributed by atoms with E-state index in [1.165, 1.54) is 21.3 Å². The van der Waals surface area contributed by atoms with Crippen LogP contribution in [-0.4, -0.2) is 46.5 Å². The Kier molecular flexibility index (Phi) is 4.23. The number of fused-ring (bicyclic) bond motifs is 3. The molecule has 1 fully saturated rings. The van der Waals surface area contributed by atoms with Crippen LogP contribution in [0.2, 0.25) is 0 Å². The zero-order valence-electron chi connectivity index (χ0n) is 16.7. The van der Waals surface area contributed by atoms with Crippen LogP contribution < -0.4 is 23.7 Å². The van der Waals surface area contributed by atoms with E-state index in [0.717, 1.165) is 5.56 Å². The van der Waals surface area contributed by atoms with Gasteiger partial charge in [0.2, 0.25) is 12.5 Å². The zero-order valence-corrected chi connectivity index (χ0v) is 16.7. The van der Waals surface area contributed by atoms with Gasteiger partial charge in [-0.15, -0.1) is 0 Å². The van der Waals surface area contributed by atoms with Gasteiger partial charge >= 0.3 is 5.97 Å². The van der Waals surface area contributed by atoms with E-state index in [0.29, 0.717) is 39.9 Å². The SMILES string of the molecule is COc1cc(C2c3cc4c(cc3C(=O)[C@H]3COC(=O)[C@@H]23)OCO4)cc(OC)c1OC. The number of ketones is 1. The second-order valence-corrected chi connectivity index (χ2v) is 7.36. The van der Waals surface area contributed by atoms with Crippen molar-refractivity contribution in [3.8, 4) is 28.7 Å². The van der Waals surface area contributed by atoms with Gasteiger partial charge in [-0.05, 0) is 35.4 Å². The van der Waals surface area contributed by atoms with Gasteiger partial charge in [0.05, 0.1) is 33.2 Å². The van der Waals surface area contributed by atoms with Crippen molar-refractivity contribution in [2.45, 2.75) is 5.92 Å². The van der Waals surface area contributed by atoms with Crippen molar-refractivity contribution in [3.05, 3.63) is 41.0 Å². The molecule has 3 aliphatic rings. The van der Waals surface area contributed by atoms with Crippen LogP contribution in [0.25, 0.3) is 0 Å². The number of hydrogen-bond donors (Lipinski definition) is 0. The number of benzene rings is 2. The Labute approximate surface area is 172 Å². The predicted octanol–water partition coefficient (Wildman–Crippen LogP) is 2.56. The summed E-state index contributed by atoms with van der Waals surface area (Å²) in [4.78, 5) is 25.9. The third kappa shape index (κ3) is 2.52. The number of carbonyl (C=O) groups excluding carboxylic acids is 2. The van der Waals surface area contributed by atoms with E-state index < -0.39 is 23.7 Å². The molecule has 3 atom stereocenters. The Morgan fingerprint density at radius 3 is 2.17 bits per heavy atom. The minimum absolute atomic E-state index is 0.0666. The summed E-state index contributed by atoms with van der Waals surface area (Å²) in [7, 11) is 4.59. The molecular formula is C22H20O8. The fourth-order valence-corrected chi connectivity index (χ4v) is 4.63. The summed E-state index contributed by atoms with van der Waals surface area (Å²) in [5.74, 6) is 0.287. The first kappa shape index (κ1) is 18.6. The normalized spacial score (nSPS) is 23.5. The molecule has 0 bridgehead atoms. The lowest BCUT2D eigenvalue weighted by atomic mass is 9.67. The maximum Gasteiger partial charge on any atom is 0.310 e. The van der Waals surface area contributed by atoms with Gasteiger partial charge in [-0.2, -0.15) is 0 Å². The van der Waals surface area contributed by atoms with Crippen molar-refractivity contribution in [2.75, 3.05) is 34.7 Å². The Hall–Kier alpha value is -3.42. The standard InChI is InChI=1S/C22H20O8/c1-25-16-4-10(5-17(26-2)21(16)27-3)18-11-6-14-15(30-9-29-14)7-12(11)20(23)13-8-28-22(24)19(13)18/h4-7,13,18-19H,8-9H2,1-3H3/t13-,18?,19+/m0/s1. The van der Waals surface area contributed by atoms with Crippen LogP contribution in [-0.2, 0) is 9.53 Å². The quantitative estimate of drug-likeness (QED) is 0.708. The number of rotatable bonds is 4. The highest BCUT2D eigenvalue weighted by Crippen LogP contribution is 2.52. The van der Waals surface area contributed by atoms with Crippen molar-refractivity contribution in [1.29, 1.82) is 0 Å². The predicted molar refractivity (Wildman–Crippen MR) is 103 cm³/mol. The number of esters is 1. The van der Waals surface area contributed by atoms with Crippen LogP contribution in [0.4, 0.5) is 0 Å². The Balaban J connectivity index is 1.75. The molecule has 0 saturated carbocycles. The number of hydrogen-bond acceptors (Lipinski definition) is 8. The van der Waals surface area contributed by atoms with E-state index in [2.05, 4.69) is 0 Å². The number of carbonyl (C=O) groups is 2. The van der Waals surface area contributed by atoms with Gasteiger partial charge in [0.1, 0.15) is 6.61 Å². The molecule has 0 aromatic heterocycles. The summed E-state index contributed by atoms with van der Waals surface area (Å²) in [6.45, 7) is 0.160. The molecule has 2 heterocycles. The number of methoxy groups -OCH3 is 3. The van der Waals surface area contributed by atoms with Crippen LogP contribution in [0.3, 0.4) is 0 Å². The highest BCUT2D eigenvalue weighted by atomic mass is 16.7. The minimum atomic E-state index is -0.645. The van der Waals surface area contributed by atoms with Crippen molar-refractivity contribution in [1.82, 2.24) is 0 Å². The van der Waals surface area contributed by atoms with E-state index in [4.69, 9.17) is 28.4 Å². The molecule has 5 rings (SSSR count). The molecule has 0 spiro atoms. The summed E-state index contributed by atoms with van der Waals surface area (Å²) < 4.78 is 32.7. The van der Waals surface area contributed by atoms with Crippen molar-refractivity contribution in [2.24, 2.45) is 11.8 Å². The molecule has 2 aromatic carbocycles. The van der Waals surface area contributed by atoms with Crippen LogP contribution >= 0.6 is 0 Å². The lowest BCUT2D eigenvalue weighted by Gasteiger charge is -2.33. The van der Waals surface area contributed by atoms with Gasteiger partial charge in [0.15, 0.2) is 28.8 Å². The third-order valence-electron chi connectivity index (χ3n) is 6.00. The van der Waals surface area contributed by atoms with Crippen LogP contribution in [0.15, 0.2) is 24.3 Å². The summed E-state index contributed by atoms with van der Waals surface area (Å²) in [5, 5.41) is 0. The van der Waals surface area contributed by atoms with Gasteiger partial charge in [0.25, 0.3) is 0 Å². The maximum atomic E-state index is 13.2. The average molecular weight is 412 g/mol. The lowest BCUT2D eigenvalue weighted by Crippen LogP contribution is -2.36. The molecule has 156 valence electrons. The average Bonchev–Trinajstić information content (AvgIpc) is 3.38. The zero-order chi connectivity index (χ0) is 21.0. The summed E-state index contributed by atoms with van der Waals surface area (Å²) in [6.07, 6.45) is 0. The first-order valence-corrected chi connectivity index (χ1v) is 9.51. The molecule has 0 N–H and O–H groups in total. The maximum absolute atomic E-state index is 13.2. The molecule has 1 saturated heterocycles. The van der Waals surface area contributed by atoms with Crippen LogP contribution in [0, 0.1) is 11.8 Å². The van der Waals surface area contributed by atoms with Gasteiger partial charge < -0.3 is 28.4 Å². The fraction of sp³-hybridized carbons (Fsp3) is 0.364. The number of Topliss-reactive ketones (excluding diaryl/α,β-unsaturated/α-hetero) is 1. The van der Waals surface area contributed by atoms with Gasteiger partial charge in [-0.1, -0.05) is 0 Å². The van der Waals surface area contributed by atoms with Crippen LogP contribution in [0.1, 0.15) is 27.4 Å². The molecule has 1 aliphatic carbocycles. The summed E-state index contributed by atoms with van der Waals surface area (Å²) in [6, 6.07) is 7.09. The van der Waals surface area contributed by atoms with E-state index in [1.807, 2.05) is 0 Å². The monoisotopic (exact) mass is 412 g/mol. The molecule has 1 unspecified atom stereocenters. The van der Waals surface area contributed by atoms with E-state index in [1.54, 1.807) is 24.3 Å². The van der Waals surface area contributed by atoms with Crippen LogP contribution in [0.5, 0.6) is 28.7 Å². The number of ether oxygens (including phenoxy) is 6. The van der Waals surface area contributed by atoms with Crippen molar-refractivity contribution in [3.63, 3.8) is 0 Å². The van der Waals surface area contributed by atoms with E-state index in [9.17, 15) is 9.59 Å². The van der Waals surface area contributed by atoms with Gasteiger partial charge in [-0.25, -0.2) is 0 Å². The molecule has 8 nitrogen and oxygen atoms in total. The smallest absolute Gasteiger partial charge is 0.310 e. The largest absolute Gasteiger partial charge is 0.493 e. The van der Waals surface area contributed by atoms with Crippen molar-refractivity contribution < 1.29 is 38.0 Å². The highest BCUT2D eigenvalue weighted by Gasteiger charge is 2.52. The van der Waals surface area contributed by atoms with Gasteiger partial charge in [-0.3, -0.25) is 9.59 Å². The molecule has 2 aliphatic heterocycles. The lowest BCUT2D eigenvalue weighted by molar-refractivity contribution is -0.141. The summed E-state index contributed by atoms with van der Waals surface area (Å²) >= 11 is 0. The molecule has 0 radical (unpaired) electrons. The molecule has 2 aromatic rings. The summed E-state index contributed by atoms with van der Waals surface area (Å²) in [5.41, 5.74) is 1.96. The third-order valence-corrected chi connectivity index (χ3v) is 6.00. The molecule has 8 heteroatoms. The first-order valence-electron chi connectivity index (χ1n) is 9.51. The van der Waals surface area contributed by atoms with E-state index in [-0.39, 0.29) is 19.2 Å². The topological polar surface area (TPSA) is 89.5 Å². The molecular weight excluding hydrogens is 392 g/mol. The Morgan fingerprint density at radius 1 is 0.867 bits per heavy atom. The minimum Gasteiger partial charge on any atom is -0.493 e.